The number of pyridine rings is 1. The second-order valence-electron chi connectivity index (χ2n) is 4.01. The molecule has 6 heteroatoms. The zero-order valence-corrected chi connectivity index (χ0v) is 10.4. The fourth-order valence-electron chi connectivity index (χ4n) is 1.64. The molecular weight excluding hydrogens is 260 g/mol. The van der Waals surface area contributed by atoms with Crippen LogP contribution < -0.4 is 10.5 Å². The maximum Gasteiger partial charge on any atom is 0.358 e. The zero-order valence-electron chi connectivity index (χ0n) is 10.4. The monoisotopic (exact) mass is 272 g/mol. The van der Waals surface area contributed by atoms with E-state index < -0.39 is 11.9 Å². The second kappa shape index (κ2) is 5.83. The number of nitrogens with zero attached hydrogens (tertiary/aromatic N) is 1. The van der Waals surface area contributed by atoms with Crippen LogP contribution in [-0.4, -0.2) is 22.0 Å². The first-order chi connectivity index (χ1) is 9.58. The van der Waals surface area contributed by atoms with Gasteiger partial charge in [-0.3, -0.25) is 4.79 Å². The highest BCUT2D eigenvalue weighted by Gasteiger charge is 2.12. The van der Waals surface area contributed by atoms with Crippen molar-refractivity contribution in [2.45, 2.75) is 6.61 Å². The Labute approximate surface area is 114 Å². The van der Waals surface area contributed by atoms with Gasteiger partial charge in [0.15, 0.2) is 11.4 Å². The summed E-state index contributed by atoms with van der Waals surface area (Å²) in [7, 11) is 0. The van der Waals surface area contributed by atoms with Crippen LogP contribution in [0.5, 0.6) is 5.75 Å². The zero-order chi connectivity index (χ0) is 14.5. The maximum absolute atomic E-state index is 11.1. The third-order valence-electron chi connectivity index (χ3n) is 2.58. The van der Waals surface area contributed by atoms with Gasteiger partial charge in [0.05, 0.1) is 0 Å². The molecule has 0 radical (unpaired) electrons. The van der Waals surface area contributed by atoms with Crippen LogP contribution in [-0.2, 0) is 6.61 Å². The van der Waals surface area contributed by atoms with Crippen LogP contribution in [0.25, 0.3) is 0 Å². The lowest BCUT2D eigenvalue weighted by molar-refractivity contribution is 0.0684. The van der Waals surface area contributed by atoms with Crippen molar-refractivity contribution in [2.24, 2.45) is 5.73 Å². The number of hydrogen-bond acceptors (Lipinski definition) is 4. The number of hydrogen-bond donors (Lipinski definition) is 2. The molecule has 1 aromatic heterocycles. The molecule has 0 atom stereocenters. The molecule has 0 fully saturated rings. The van der Waals surface area contributed by atoms with E-state index in [2.05, 4.69) is 4.98 Å². The topological polar surface area (TPSA) is 103 Å². The number of aromatic nitrogens is 1. The Morgan fingerprint density at radius 1 is 1.25 bits per heavy atom. The van der Waals surface area contributed by atoms with Crippen LogP contribution in [0.4, 0.5) is 0 Å². The number of carboxylic acids is 1. The number of nitrogens with two attached hydrogens (primary N) is 1. The highest BCUT2D eigenvalue weighted by Crippen LogP contribution is 2.17. The van der Waals surface area contributed by atoms with E-state index >= 15 is 0 Å². The van der Waals surface area contributed by atoms with Crippen LogP contribution in [0.2, 0.25) is 0 Å². The van der Waals surface area contributed by atoms with Gasteiger partial charge in [0.1, 0.15) is 6.61 Å². The van der Waals surface area contributed by atoms with Gasteiger partial charge in [-0.15, -0.1) is 0 Å². The molecule has 2 aromatic rings. The van der Waals surface area contributed by atoms with Crippen LogP contribution in [0.3, 0.4) is 0 Å². The highest BCUT2D eigenvalue weighted by atomic mass is 16.5. The molecule has 0 spiro atoms. The summed E-state index contributed by atoms with van der Waals surface area (Å²) in [5.74, 6) is -1.52. The molecule has 3 N–H and O–H groups in total. The normalized spacial score (nSPS) is 10.0. The summed E-state index contributed by atoms with van der Waals surface area (Å²) in [6.07, 6.45) is 1.38. The lowest BCUT2D eigenvalue weighted by Gasteiger charge is -2.08. The summed E-state index contributed by atoms with van der Waals surface area (Å²) in [4.78, 5) is 25.8. The SMILES string of the molecule is NC(=O)c1cccc(COc2cccnc2C(=O)O)c1. The van der Waals surface area contributed by atoms with Gasteiger partial charge in [-0.1, -0.05) is 12.1 Å². The fraction of sp³-hybridized carbons (Fsp3) is 0.0714. The number of carbonyl (C=O) groups excluding carboxylic acids is 1. The number of carboxylic acid groups (broad SMARTS) is 1. The van der Waals surface area contributed by atoms with E-state index in [-0.39, 0.29) is 18.1 Å². The van der Waals surface area contributed by atoms with Crippen molar-refractivity contribution in [2.75, 3.05) is 0 Å². The van der Waals surface area contributed by atoms with E-state index in [1.165, 1.54) is 12.3 Å². The van der Waals surface area contributed by atoms with Gasteiger partial charge in [0.25, 0.3) is 0 Å². The molecule has 0 saturated carbocycles. The third kappa shape index (κ3) is 3.11. The van der Waals surface area contributed by atoms with Gasteiger partial charge in [-0.05, 0) is 29.8 Å². The van der Waals surface area contributed by atoms with Crippen molar-refractivity contribution >= 4 is 11.9 Å². The first-order valence-corrected chi connectivity index (χ1v) is 5.78. The molecule has 20 heavy (non-hydrogen) atoms. The van der Waals surface area contributed by atoms with Crippen LogP contribution in [0.15, 0.2) is 42.6 Å². The van der Waals surface area contributed by atoms with Gasteiger partial charge in [0.2, 0.25) is 5.91 Å². The summed E-state index contributed by atoms with van der Waals surface area (Å²) in [5, 5.41) is 8.98. The number of amides is 1. The Hall–Kier alpha value is -2.89. The molecule has 0 aliphatic carbocycles. The molecule has 1 aromatic carbocycles. The molecule has 0 unspecified atom stereocenters. The van der Waals surface area contributed by atoms with E-state index in [0.717, 1.165) is 0 Å². The van der Waals surface area contributed by atoms with Crippen LogP contribution in [0, 0.1) is 0 Å². The molecule has 1 amide bonds. The summed E-state index contributed by atoms with van der Waals surface area (Å²) in [6.45, 7) is 0.118. The minimum Gasteiger partial charge on any atom is -0.486 e. The Morgan fingerprint density at radius 3 is 2.75 bits per heavy atom. The van der Waals surface area contributed by atoms with Crippen molar-refractivity contribution < 1.29 is 19.4 Å². The third-order valence-corrected chi connectivity index (χ3v) is 2.58. The highest BCUT2D eigenvalue weighted by molar-refractivity contribution is 5.92. The van der Waals surface area contributed by atoms with Crippen LogP contribution >= 0.6 is 0 Å². The van der Waals surface area contributed by atoms with Crippen molar-refractivity contribution in [3.63, 3.8) is 0 Å². The summed E-state index contributed by atoms with van der Waals surface area (Å²) in [6, 6.07) is 9.73. The van der Waals surface area contributed by atoms with Crippen molar-refractivity contribution in [1.29, 1.82) is 0 Å². The van der Waals surface area contributed by atoms with Crippen LogP contribution in [0.1, 0.15) is 26.4 Å². The Balaban J connectivity index is 2.15. The molecule has 0 aliphatic rings. The van der Waals surface area contributed by atoms with E-state index in [1.54, 1.807) is 30.3 Å². The number of aromatic carboxylic acids is 1. The number of primary amides is 1. The molecule has 0 bridgehead atoms. The first kappa shape index (κ1) is 13.5. The lowest BCUT2D eigenvalue weighted by Crippen LogP contribution is -2.11. The van der Waals surface area contributed by atoms with Gasteiger partial charge in [0, 0.05) is 11.8 Å². The molecule has 102 valence electrons. The molecular formula is C14H12N2O4. The predicted octanol–water partition coefficient (Wildman–Crippen LogP) is 1.46. The predicted molar refractivity (Wildman–Crippen MR) is 70.5 cm³/mol. The first-order valence-electron chi connectivity index (χ1n) is 5.78. The van der Waals surface area contributed by atoms with Gasteiger partial charge < -0.3 is 15.6 Å². The average molecular weight is 272 g/mol. The maximum atomic E-state index is 11.1. The second-order valence-corrected chi connectivity index (χ2v) is 4.01. The number of rotatable bonds is 5. The quantitative estimate of drug-likeness (QED) is 0.857. The van der Waals surface area contributed by atoms with Gasteiger partial charge in [-0.25, -0.2) is 9.78 Å². The number of ether oxygens (including phenoxy) is 1. The molecule has 0 aliphatic heterocycles. The Kier molecular flexibility index (Phi) is 3.95. The minimum absolute atomic E-state index is 0.118. The molecule has 0 saturated heterocycles. The van der Waals surface area contributed by atoms with Gasteiger partial charge in [-0.2, -0.15) is 0 Å². The summed E-state index contributed by atoms with van der Waals surface area (Å²) < 4.78 is 5.42. The molecule has 1 heterocycles. The van der Waals surface area contributed by atoms with E-state index in [4.69, 9.17) is 15.6 Å². The van der Waals surface area contributed by atoms with Crippen molar-refractivity contribution in [3.05, 3.63) is 59.4 Å². The average Bonchev–Trinajstić information content (AvgIpc) is 2.45. The van der Waals surface area contributed by atoms with E-state index in [9.17, 15) is 9.59 Å². The van der Waals surface area contributed by atoms with Gasteiger partial charge >= 0.3 is 5.97 Å². The minimum atomic E-state index is -1.16. The standard InChI is InChI=1S/C14H12N2O4/c15-13(17)10-4-1-3-9(7-10)8-20-11-5-2-6-16-12(11)14(18)19/h1-7H,8H2,(H2,15,17)(H,18,19). The fourth-order valence-corrected chi connectivity index (χ4v) is 1.64. The molecule has 2 rings (SSSR count). The number of benzene rings is 1. The largest absolute Gasteiger partial charge is 0.486 e. The van der Waals surface area contributed by atoms with E-state index in [0.29, 0.717) is 11.1 Å². The Bertz CT molecular complexity index is 655. The lowest BCUT2D eigenvalue weighted by atomic mass is 10.1. The Morgan fingerprint density at radius 2 is 2.05 bits per heavy atom. The van der Waals surface area contributed by atoms with E-state index in [1.807, 2.05) is 0 Å². The van der Waals surface area contributed by atoms with Crippen molar-refractivity contribution in [1.82, 2.24) is 4.98 Å². The summed E-state index contributed by atoms with van der Waals surface area (Å²) in [5.41, 5.74) is 6.11. The summed E-state index contributed by atoms with van der Waals surface area (Å²) >= 11 is 0. The smallest absolute Gasteiger partial charge is 0.358 e. The number of carbonyl (C=O) groups is 2. The molecule has 6 nitrogen and oxygen atoms in total. The van der Waals surface area contributed by atoms with Crippen molar-refractivity contribution in [3.8, 4) is 5.75 Å².